The third kappa shape index (κ3) is 5.97. The molecule has 1 aliphatic carbocycles. The Morgan fingerprint density at radius 3 is 2.67 bits per heavy atom. The fraction of sp³-hybridized carbons (Fsp3) is 0.682. The van der Waals surface area contributed by atoms with Crippen LogP contribution in [0.5, 0.6) is 11.5 Å². The molecule has 1 aromatic carbocycles. The highest BCUT2D eigenvalue weighted by Crippen LogP contribution is 2.39. The molecule has 33 heavy (non-hydrogen) atoms. The van der Waals surface area contributed by atoms with Gasteiger partial charge in [0, 0.05) is 6.54 Å². The van der Waals surface area contributed by atoms with Crippen LogP contribution in [-0.4, -0.2) is 52.4 Å². The summed E-state index contributed by atoms with van der Waals surface area (Å²) in [7, 11) is 2.97. The molecular weight excluding hydrogens is 426 g/mol. The van der Waals surface area contributed by atoms with E-state index in [0.717, 1.165) is 38.5 Å². The highest BCUT2D eigenvalue weighted by atomic mass is 16.6. The number of benzene rings is 1. The van der Waals surface area contributed by atoms with E-state index in [1.165, 1.54) is 20.3 Å². The molecule has 182 valence electrons. The Labute approximate surface area is 194 Å². The number of aryl methyl sites for hydroxylation is 1. The second-order valence-electron chi connectivity index (χ2n) is 8.61. The van der Waals surface area contributed by atoms with Crippen LogP contribution in [0.2, 0.25) is 0 Å². The third-order valence-corrected chi connectivity index (χ3v) is 6.42. The molecule has 2 aromatic rings. The van der Waals surface area contributed by atoms with Crippen molar-refractivity contribution in [3.05, 3.63) is 33.6 Å². The van der Waals surface area contributed by atoms with E-state index in [9.17, 15) is 10.1 Å². The molecule has 11 heteroatoms. The number of nitro groups is 1. The van der Waals surface area contributed by atoms with Gasteiger partial charge < -0.3 is 20.5 Å². The summed E-state index contributed by atoms with van der Waals surface area (Å²) in [4.78, 5) is 11.6. The van der Waals surface area contributed by atoms with Crippen LogP contribution in [0.1, 0.15) is 62.9 Å². The monoisotopic (exact) mass is 461 g/mol. The lowest BCUT2D eigenvalue weighted by Crippen LogP contribution is -2.34. The van der Waals surface area contributed by atoms with Gasteiger partial charge in [0.2, 0.25) is 0 Å². The zero-order chi connectivity index (χ0) is 23.8. The first-order valence-corrected chi connectivity index (χ1v) is 11.6. The van der Waals surface area contributed by atoms with Crippen molar-refractivity contribution in [3.63, 3.8) is 0 Å². The van der Waals surface area contributed by atoms with E-state index >= 15 is 0 Å². The Morgan fingerprint density at radius 1 is 1.27 bits per heavy atom. The molecule has 0 spiro atoms. The second kappa shape index (κ2) is 11.9. The minimum absolute atomic E-state index is 0.0707. The van der Waals surface area contributed by atoms with Crippen LogP contribution >= 0.6 is 0 Å². The molecule has 1 aliphatic rings. The van der Waals surface area contributed by atoms with E-state index in [1.54, 1.807) is 10.7 Å². The Morgan fingerprint density at radius 2 is 2.00 bits per heavy atom. The first-order chi connectivity index (χ1) is 16.0. The number of rotatable bonds is 12. The van der Waals surface area contributed by atoms with Gasteiger partial charge in [0.05, 0.1) is 30.8 Å². The molecular formula is C22H35N7O4. The van der Waals surface area contributed by atoms with Gasteiger partial charge in [0.15, 0.2) is 17.3 Å². The molecule has 11 nitrogen and oxygen atoms in total. The second-order valence-corrected chi connectivity index (χ2v) is 8.61. The average Bonchev–Trinajstić information content (AvgIpc) is 3.30. The molecule has 0 bridgehead atoms. The molecule has 1 heterocycles. The molecule has 3 atom stereocenters. The van der Waals surface area contributed by atoms with Crippen LogP contribution in [-0.2, 0) is 6.54 Å². The molecule has 1 aromatic heterocycles. The predicted octanol–water partition coefficient (Wildman–Crippen LogP) is 2.84. The summed E-state index contributed by atoms with van der Waals surface area (Å²) in [6.07, 6.45) is 6.34. The zero-order valence-electron chi connectivity index (χ0n) is 19.7. The van der Waals surface area contributed by atoms with E-state index in [0.29, 0.717) is 54.4 Å². The van der Waals surface area contributed by atoms with Gasteiger partial charge in [-0.2, -0.15) is 0 Å². The van der Waals surface area contributed by atoms with Crippen molar-refractivity contribution in [1.29, 1.82) is 0 Å². The number of unbranched alkanes of at least 4 members (excludes halogenated alkanes) is 1. The van der Waals surface area contributed by atoms with E-state index in [-0.39, 0.29) is 5.69 Å². The Hall–Kier alpha value is -2.79. The van der Waals surface area contributed by atoms with Gasteiger partial charge in [-0.05, 0) is 67.1 Å². The SMILES string of the molecule is CCCCn1nnnc1C(NCC1CCCC(CN)C1)c1cc(OC)c(OC)cc1[N+](=O)[O-]. The first-order valence-electron chi connectivity index (χ1n) is 11.6. The number of nitrogens with zero attached hydrogens (tertiary/aromatic N) is 5. The van der Waals surface area contributed by atoms with Gasteiger partial charge >= 0.3 is 0 Å². The maximum absolute atomic E-state index is 12.0. The molecule has 3 unspecified atom stereocenters. The lowest BCUT2D eigenvalue weighted by molar-refractivity contribution is -0.385. The van der Waals surface area contributed by atoms with Gasteiger partial charge in [-0.1, -0.05) is 19.8 Å². The molecule has 0 aliphatic heterocycles. The minimum Gasteiger partial charge on any atom is -0.493 e. The van der Waals surface area contributed by atoms with Crippen LogP contribution in [0.25, 0.3) is 0 Å². The topological polar surface area (TPSA) is 143 Å². The van der Waals surface area contributed by atoms with Gasteiger partial charge in [-0.25, -0.2) is 4.68 Å². The molecule has 1 fully saturated rings. The van der Waals surface area contributed by atoms with Crippen molar-refractivity contribution in [3.8, 4) is 11.5 Å². The molecule has 3 N–H and O–H groups in total. The zero-order valence-corrected chi connectivity index (χ0v) is 19.7. The van der Waals surface area contributed by atoms with E-state index in [1.807, 2.05) is 0 Å². The maximum atomic E-state index is 12.0. The fourth-order valence-corrected chi connectivity index (χ4v) is 4.59. The van der Waals surface area contributed by atoms with Crippen molar-refractivity contribution < 1.29 is 14.4 Å². The fourth-order valence-electron chi connectivity index (χ4n) is 4.59. The van der Waals surface area contributed by atoms with Crippen molar-refractivity contribution in [2.24, 2.45) is 17.6 Å². The highest BCUT2D eigenvalue weighted by Gasteiger charge is 2.31. The largest absolute Gasteiger partial charge is 0.493 e. The quantitative estimate of drug-likeness (QED) is 0.360. The first kappa shape index (κ1) is 24.8. The Kier molecular flexibility index (Phi) is 8.95. The normalized spacial score (nSPS) is 19.3. The summed E-state index contributed by atoms with van der Waals surface area (Å²) >= 11 is 0. The summed E-state index contributed by atoms with van der Waals surface area (Å²) < 4.78 is 12.5. The number of aromatic nitrogens is 4. The van der Waals surface area contributed by atoms with Gasteiger partial charge in [-0.3, -0.25) is 10.1 Å². The smallest absolute Gasteiger partial charge is 0.278 e. The molecule has 3 rings (SSSR count). The average molecular weight is 462 g/mol. The predicted molar refractivity (Wildman–Crippen MR) is 123 cm³/mol. The van der Waals surface area contributed by atoms with Crippen molar-refractivity contribution in [2.45, 2.75) is 58.0 Å². The summed E-state index contributed by atoms with van der Waals surface area (Å²) in [6, 6.07) is 2.47. The number of nitrogens with two attached hydrogens (primary N) is 1. The maximum Gasteiger partial charge on any atom is 0.278 e. The summed E-state index contributed by atoms with van der Waals surface area (Å²) in [5, 5.41) is 27.8. The number of methoxy groups -OCH3 is 2. The van der Waals surface area contributed by atoms with Crippen molar-refractivity contribution in [1.82, 2.24) is 25.5 Å². The van der Waals surface area contributed by atoms with Crippen LogP contribution in [0.15, 0.2) is 12.1 Å². The number of ether oxygens (including phenoxy) is 2. The van der Waals surface area contributed by atoms with Crippen LogP contribution < -0.4 is 20.5 Å². The third-order valence-electron chi connectivity index (χ3n) is 6.42. The minimum atomic E-state index is -0.574. The standard InChI is InChI=1S/C22H35N7O4/c1-4-5-9-28-22(25-26-27-28)21(24-14-16-8-6-7-15(10-16)13-23)17-11-19(32-2)20(33-3)12-18(17)29(30)31/h11-12,15-16,21,24H,4-10,13-14,23H2,1-3H3. The molecule has 0 amide bonds. The van der Waals surface area contributed by atoms with Crippen LogP contribution in [0.3, 0.4) is 0 Å². The van der Waals surface area contributed by atoms with E-state index < -0.39 is 11.0 Å². The summed E-state index contributed by atoms with van der Waals surface area (Å²) in [6.45, 7) is 4.11. The molecule has 0 saturated heterocycles. The number of hydrogen-bond donors (Lipinski definition) is 2. The molecule has 1 saturated carbocycles. The number of nitrogens with one attached hydrogen (secondary N) is 1. The van der Waals surface area contributed by atoms with Crippen molar-refractivity contribution >= 4 is 5.69 Å². The lowest BCUT2D eigenvalue weighted by Gasteiger charge is -2.30. The Bertz CT molecular complexity index is 920. The summed E-state index contributed by atoms with van der Waals surface area (Å²) in [5.74, 6) is 2.22. The number of tetrazole rings is 1. The summed E-state index contributed by atoms with van der Waals surface area (Å²) in [5.41, 5.74) is 6.29. The number of nitro benzene ring substituents is 1. The van der Waals surface area contributed by atoms with Crippen molar-refractivity contribution in [2.75, 3.05) is 27.3 Å². The van der Waals surface area contributed by atoms with Crippen LogP contribution in [0.4, 0.5) is 5.69 Å². The van der Waals surface area contributed by atoms with Gasteiger partial charge in [-0.15, -0.1) is 5.10 Å². The van der Waals surface area contributed by atoms with E-state index in [4.69, 9.17) is 15.2 Å². The van der Waals surface area contributed by atoms with Gasteiger partial charge in [0.25, 0.3) is 5.69 Å². The lowest BCUT2D eigenvalue weighted by atomic mass is 9.81. The molecule has 0 radical (unpaired) electrons. The van der Waals surface area contributed by atoms with Crippen LogP contribution in [0, 0.1) is 22.0 Å². The number of hydrogen-bond acceptors (Lipinski definition) is 9. The Balaban J connectivity index is 2.00. The highest BCUT2D eigenvalue weighted by molar-refractivity contribution is 5.56. The van der Waals surface area contributed by atoms with E-state index in [2.05, 4.69) is 27.8 Å². The van der Waals surface area contributed by atoms with Gasteiger partial charge in [0.1, 0.15) is 6.04 Å².